The average Bonchev–Trinajstić information content (AvgIpc) is 2.71. The van der Waals surface area contributed by atoms with Crippen molar-refractivity contribution in [3.05, 3.63) is 0 Å². The second kappa shape index (κ2) is 25.3. The molecule has 174 valence electrons. The number of unbranched alkanes of at least 4 members (excludes halogenated alkanes) is 11. The number of hydrogen-bond donors (Lipinski definition) is 5. The minimum absolute atomic E-state index is 0.244. The van der Waals surface area contributed by atoms with Gasteiger partial charge in [-0.15, -0.1) is 0 Å². The smallest absolute Gasteiger partial charge is 0.303 e. The van der Waals surface area contributed by atoms with Gasteiger partial charge in [0.2, 0.25) is 0 Å². The van der Waals surface area contributed by atoms with Crippen molar-refractivity contribution in [1.29, 1.82) is 0 Å². The molecule has 29 heavy (non-hydrogen) atoms. The topological polar surface area (TPSA) is 93.6 Å². The van der Waals surface area contributed by atoms with Gasteiger partial charge in [0, 0.05) is 13.0 Å². The molecule has 5 N–H and O–H groups in total. The van der Waals surface area contributed by atoms with Crippen LogP contribution in [0.5, 0.6) is 0 Å². The van der Waals surface area contributed by atoms with Gasteiger partial charge in [-0.3, -0.25) is 4.79 Å². The van der Waals surface area contributed by atoms with E-state index in [0.29, 0.717) is 0 Å². The highest BCUT2D eigenvalue weighted by molar-refractivity contribution is 5.66. The predicted molar refractivity (Wildman–Crippen MR) is 123 cm³/mol. The molecule has 0 saturated heterocycles. The van der Waals surface area contributed by atoms with E-state index >= 15 is 0 Å². The van der Waals surface area contributed by atoms with Crippen LogP contribution >= 0.6 is 0 Å². The van der Waals surface area contributed by atoms with Crippen LogP contribution in [0.4, 0.5) is 0 Å². The zero-order chi connectivity index (χ0) is 21.3. The lowest BCUT2D eigenvalue weighted by atomic mass is 10.1. The number of hydrogen-bond acceptors (Lipinski definition) is 5. The highest BCUT2D eigenvalue weighted by Crippen LogP contribution is 2.11. The van der Waals surface area contributed by atoms with E-state index in [1.54, 1.807) is 0 Å². The predicted octanol–water partition coefficient (Wildman–Crippen LogP) is 3.68. The Bertz CT molecular complexity index is 330. The van der Waals surface area contributed by atoms with Crippen molar-refractivity contribution < 1.29 is 15.0 Å². The summed E-state index contributed by atoms with van der Waals surface area (Å²) in [7, 11) is 0. The van der Waals surface area contributed by atoms with Crippen LogP contribution in [0.25, 0.3) is 0 Å². The highest BCUT2D eigenvalue weighted by atomic mass is 16.4. The van der Waals surface area contributed by atoms with Crippen LogP contribution in [0.3, 0.4) is 0 Å². The van der Waals surface area contributed by atoms with Crippen molar-refractivity contribution >= 4 is 5.97 Å². The Kier molecular flexibility index (Phi) is 24.7. The Labute approximate surface area is 179 Å². The maximum atomic E-state index is 10.4. The SMILES string of the molecule is O=C(O)CCCNCCCCNCCCCCCCCCCCCCNCCO. The first-order valence-electron chi connectivity index (χ1n) is 12.2. The number of aliphatic hydroxyl groups excluding tert-OH is 1. The highest BCUT2D eigenvalue weighted by Gasteiger charge is 1.96. The molecule has 0 atom stereocenters. The van der Waals surface area contributed by atoms with Gasteiger partial charge in [0.25, 0.3) is 0 Å². The average molecular weight is 416 g/mol. The van der Waals surface area contributed by atoms with Gasteiger partial charge in [-0.05, 0) is 64.8 Å². The molecule has 0 heterocycles. The first-order chi connectivity index (χ1) is 14.3. The summed E-state index contributed by atoms with van der Waals surface area (Å²) in [5, 5.41) is 27.3. The summed E-state index contributed by atoms with van der Waals surface area (Å²) >= 11 is 0. The van der Waals surface area contributed by atoms with E-state index in [4.69, 9.17) is 10.2 Å². The lowest BCUT2D eigenvalue weighted by Crippen LogP contribution is -2.20. The minimum Gasteiger partial charge on any atom is -0.481 e. The number of carbonyl (C=O) groups is 1. The molecule has 0 aliphatic rings. The number of aliphatic carboxylic acids is 1. The normalized spacial score (nSPS) is 11.2. The molecule has 0 amide bonds. The lowest BCUT2D eigenvalue weighted by molar-refractivity contribution is -0.137. The molecular formula is C23H49N3O3. The molecule has 0 aromatic rings. The first kappa shape index (κ1) is 28.3. The second-order valence-electron chi connectivity index (χ2n) is 8.07. The fourth-order valence-corrected chi connectivity index (χ4v) is 3.41. The third kappa shape index (κ3) is 27.3. The van der Waals surface area contributed by atoms with E-state index in [0.717, 1.165) is 52.1 Å². The quantitative estimate of drug-likeness (QED) is 0.146. The summed E-state index contributed by atoms with van der Waals surface area (Å²) < 4.78 is 0. The van der Waals surface area contributed by atoms with E-state index in [1.807, 2.05) is 0 Å². The minimum atomic E-state index is -0.706. The molecule has 0 rings (SSSR count). The third-order valence-corrected chi connectivity index (χ3v) is 5.20. The Balaban J connectivity index is 2.99. The van der Waals surface area contributed by atoms with Crippen molar-refractivity contribution in [3.8, 4) is 0 Å². The molecule has 0 fully saturated rings. The van der Waals surface area contributed by atoms with Gasteiger partial charge >= 0.3 is 5.97 Å². The van der Waals surface area contributed by atoms with E-state index in [-0.39, 0.29) is 13.0 Å². The molecule has 6 heteroatoms. The number of rotatable bonds is 25. The maximum Gasteiger partial charge on any atom is 0.303 e. The maximum absolute atomic E-state index is 10.4. The van der Waals surface area contributed by atoms with Crippen LogP contribution in [0.2, 0.25) is 0 Å². The van der Waals surface area contributed by atoms with Crippen LogP contribution < -0.4 is 16.0 Å². The third-order valence-electron chi connectivity index (χ3n) is 5.20. The molecule has 0 saturated carbocycles. The van der Waals surface area contributed by atoms with Gasteiger partial charge in [-0.1, -0.05) is 57.8 Å². The van der Waals surface area contributed by atoms with Crippen molar-refractivity contribution in [2.45, 2.75) is 96.3 Å². The molecule has 0 bridgehead atoms. The van der Waals surface area contributed by atoms with Crippen LogP contribution in [-0.2, 0) is 4.79 Å². The molecule has 0 unspecified atom stereocenters. The van der Waals surface area contributed by atoms with E-state index in [2.05, 4.69) is 16.0 Å². The Morgan fingerprint density at radius 3 is 1.17 bits per heavy atom. The summed E-state index contributed by atoms with van der Waals surface area (Å²) in [4.78, 5) is 10.4. The number of aliphatic hydroxyl groups is 1. The van der Waals surface area contributed by atoms with Gasteiger partial charge in [0.15, 0.2) is 0 Å². The van der Waals surface area contributed by atoms with Gasteiger partial charge in [0.1, 0.15) is 0 Å². The molecule has 0 radical (unpaired) electrons. The summed E-state index contributed by atoms with van der Waals surface area (Å²) in [5.74, 6) is -0.706. The number of carboxylic acid groups (broad SMARTS) is 1. The summed E-state index contributed by atoms with van der Waals surface area (Å²) in [5.41, 5.74) is 0. The van der Waals surface area contributed by atoms with Crippen LogP contribution in [-0.4, -0.2) is 62.1 Å². The Morgan fingerprint density at radius 2 is 0.793 bits per heavy atom. The van der Waals surface area contributed by atoms with E-state index < -0.39 is 5.97 Å². The fraction of sp³-hybridized carbons (Fsp3) is 0.957. The first-order valence-corrected chi connectivity index (χ1v) is 12.2. The fourth-order valence-electron chi connectivity index (χ4n) is 3.41. The monoisotopic (exact) mass is 415 g/mol. The largest absolute Gasteiger partial charge is 0.481 e. The van der Waals surface area contributed by atoms with Crippen molar-refractivity contribution in [2.24, 2.45) is 0 Å². The molecule has 0 aliphatic heterocycles. The van der Waals surface area contributed by atoms with Gasteiger partial charge in [0.05, 0.1) is 6.61 Å². The van der Waals surface area contributed by atoms with Crippen LogP contribution in [0, 0.1) is 0 Å². The number of nitrogens with one attached hydrogen (secondary N) is 3. The number of carboxylic acids is 1. The molecular weight excluding hydrogens is 366 g/mol. The van der Waals surface area contributed by atoms with Gasteiger partial charge in [-0.25, -0.2) is 0 Å². The Hall–Kier alpha value is -0.690. The summed E-state index contributed by atoms with van der Waals surface area (Å²) in [6.07, 6.45) is 18.2. The molecule has 0 aromatic heterocycles. The summed E-state index contributed by atoms with van der Waals surface area (Å²) in [6, 6.07) is 0. The van der Waals surface area contributed by atoms with Crippen molar-refractivity contribution in [1.82, 2.24) is 16.0 Å². The molecule has 0 aromatic carbocycles. The molecule has 6 nitrogen and oxygen atoms in total. The van der Waals surface area contributed by atoms with Crippen LogP contribution in [0.1, 0.15) is 96.3 Å². The van der Waals surface area contributed by atoms with Gasteiger partial charge < -0.3 is 26.2 Å². The lowest BCUT2D eigenvalue weighted by Gasteiger charge is -2.06. The van der Waals surface area contributed by atoms with Crippen molar-refractivity contribution in [2.75, 3.05) is 45.9 Å². The van der Waals surface area contributed by atoms with Crippen molar-refractivity contribution in [3.63, 3.8) is 0 Å². The molecule has 0 aliphatic carbocycles. The van der Waals surface area contributed by atoms with E-state index in [9.17, 15) is 4.79 Å². The Morgan fingerprint density at radius 1 is 0.483 bits per heavy atom. The standard InChI is InChI=1S/C23H49N3O3/c27-22-21-26-17-11-9-7-5-3-1-2-4-6-8-10-16-24-18-12-13-19-25-20-14-15-23(28)29/h24-27H,1-22H2,(H,28,29). The summed E-state index contributed by atoms with van der Waals surface area (Å²) in [6.45, 7) is 6.05. The molecule has 0 spiro atoms. The second-order valence-corrected chi connectivity index (χ2v) is 8.07. The van der Waals surface area contributed by atoms with Gasteiger partial charge in [-0.2, -0.15) is 0 Å². The van der Waals surface area contributed by atoms with Crippen LogP contribution in [0.15, 0.2) is 0 Å². The zero-order valence-corrected chi connectivity index (χ0v) is 18.9. The van der Waals surface area contributed by atoms with E-state index in [1.165, 1.54) is 77.0 Å². The zero-order valence-electron chi connectivity index (χ0n) is 18.9.